The minimum Gasteiger partial charge on any atom is -0.444 e. The van der Waals surface area contributed by atoms with Gasteiger partial charge in [0, 0.05) is 19.6 Å². The highest BCUT2D eigenvalue weighted by Crippen LogP contribution is 2.26. The van der Waals surface area contributed by atoms with Crippen LogP contribution in [0.3, 0.4) is 0 Å². The fraction of sp³-hybridized carbons (Fsp3) is 0.667. The van der Waals surface area contributed by atoms with Crippen molar-refractivity contribution in [2.24, 2.45) is 0 Å². The van der Waals surface area contributed by atoms with Gasteiger partial charge in [0.25, 0.3) is 0 Å². The molecule has 0 unspecified atom stereocenters. The molecule has 6 nitrogen and oxygen atoms in total. The minimum absolute atomic E-state index is 0.283. The Morgan fingerprint density at radius 2 is 2.00 bits per heavy atom. The van der Waals surface area contributed by atoms with Crippen molar-refractivity contribution in [3.8, 4) is 0 Å². The molecule has 0 atom stereocenters. The highest BCUT2D eigenvalue weighted by atomic mass is 35.5. The summed E-state index contributed by atoms with van der Waals surface area (Å²) in [5, 5.41) is 0.366. The molecule has 1 aliphatic heterocycles. The van der Waals surface area contributed by atoms with E-state index in [2.05, 4.69) is 14.9 Å². The first-order valence-corrected chi connectivity index (χ1v) is 7.69. The smallest absolute Gasteiger partial charge is 0.410 e. The van der Waals surface area contributed by atoms with Gasteiger partial charge in [-0.1, -0.05) is 11.6 Å². The molecular weight excluding hydrogens is 304 g/mol. The van der Waals surface area contributed by atoms with Crippen LogP contribution >= 0.6 is 11.6 Å². The molecule has 0 spiro atoms. The van der Waals surface area contributed by atoms with Gasteiger partial charge in [0.2, 0.25) is 0 Å². The summed E-state index contributed by atoms with van der Waals surface area (Å²) >= 11 is 5.90. The molecule has 7 heteroatoms. The highest BCUT2D eigenvalue weighted by molar-refractivity contribution is 6.29. The Kier molecular flexibility index (Phi) is 4.52. The number of carbonyl (C=O) groups is 1. The zero-order valence-corrected chi connectivity index (χ0v) is 14.5. The third kappa shape index (κ3) is 4.00. The maximum absolute atomic E-state index is 12.4. The number of aromatic nitrogens is 2. The molecule has 1 saturated heterocycles. The van der Waals surface area contributed by atoms with Crippen molar-refractivity contribution < 1.29 is 9.53 Å². The first-order chi connectivity index (χ1) is 10.1. The largest absolute Gasteiger partial charge is 0.444 e. The van der Waals surface area contributed by atoms with Gasteiger partial charge in [0.1, 0.15) is 16.6 Å². The van der Waals surface area contributed by atoms with Gasteiger partial charge in [0.05, 0.1) is 17.9 Å². The van der Waals surface area contributed by atoms with Crippen LogP contribution in [0.2, 0.25) is 5.15 Å². The Balaban J connectivity index is 2.11. The molecule has 22 heavy (non-hydrogen) atoms. The predicted octanol–water partition coefficient (Wildman–Crippen LogP) is 2.97. The van der Waals surface area contributed by atoms with E-state index in [0.29, 0.717) is 24.8 Å². The SMILES string of the molecule is CC(C)(C)OC(=O)N1CCN(c2cncc(Cl)n2)CC1(C)C. The number of hydrogen-bond acceptors (Lipinski definition) is 5. The van der Waals surface area contributed by atoms with Crippen molar-refractivity contribution in [2.75, 3.05) is 24.5 Å². The topological polar surface area (TPSA) is 58.6 Å². The molecule has 0 saturated carbocycles. The second-order valence-electron chi connectivity index (χ2n) is 7.07. The maximum atomic E-state index is 12.4. The zero-order chi connectivity index (χ0) is 16.5. The van der Waals surface area contributed by atoms with E-state index in [4.69, 9.17) is 16.3 Å². The quantitative estimate of drug-likeness (QED) is 0.794. The van der Waals surface area contributed by atoms with Gasteiger partial charge < -0.3 is 9.64 Å². The average Bonchev–Trinajstić information content (AvgIpc) is 2.35. The molecule has 2 rings (SSSR count). The van der Waals surface area contributed by atoms with Crippen LogP contribution in [-0.4, -0.2) is 51.7 Å². The van der Waals surface area contributed by atoms with E-state index in [9.17, 15) is 4.79 Å². The molecule has 1 aliphatic rings. The molecule has 1 amide bonds. The standard InChI is InChI=1S/C15H23ClN4O2/c1-14(2,3)22-13(21)20-7-6-19(10-15(20,4)5)12-9-17-8-11(16)18-12/h8-9H,6-7,10H2,1-5H3. The average molecular weight is 327 g/mol. The van der Waals surface area contributed by atoms with Crippen LogP contribution in [0.25, 0.3) is 0 Å². The number of rotatable bonds is 1. The summed E-state index contributed by atoms with van der Waals surface area (Å²) in [6.45, 7) is 11.5. The van der Waals surface area contributed by atoms with Crippen molar-refractivity contribution >= 4 is 23.5 Å². The van der Waals surface area contributed by atoms with Crippen molar-refractivity contribution in [3.05, 3.63) is 17.5 Å². The van der Waals surface area contributed by atoms with Gasteiger partial charge in [-0.2, -0.15) is 0 Å². The second kappa shape index (κ2) is 5.91. The van der Waals surface area contributed by atoms with Crippen molar-refractivity contribution in [3.63, 3.8) is 0 Å². The number of anilines is 1. The molecular formula is C15H23ClN4O2. The van der Waals surface area contributed by atoms with Gasteiger partial charge in [-0.15, -0.1) is 0 Å². The van der Waals surface area contributed by atoms with Gasteiger partial charge in [0.15, 0.2) is 0 Å². The molecule has 2 heterocycles. The normalized spacial score (nSPS) is 18.3. The first kappa shape index (κ1) is 16.8. The van der Waals surface area contributed by atoms with E-state index in [0.717, 1.165) is 5.82 Å². The van der Waals surface area contributed by atoms with E-state index in [1.54, 1.807) is 11.1 Å². The number of nitrogens with zero attached hydrogens (tertiary/aromatic N) is 4. The number of ether oxygens (including phenoxy) is 1. The molecule has 1 aromatic rings. The zero-order valence-electron chi connectivity index (χ0n) is 13.8. The van der Waals surface area contributed by atoms with Gasteiger partial charge in [-0.05, 0) is 34.6 Å². The van der Waals surface area contributed by atoms with Gasteiger partial charge in [-0.25, -0.2) is 9.78 Å². The fourth-order valence-corrected chi connectivity index (χ4v) is 2.63. The molecule has 0 N–H and O–H groups in total. The summed E-state index contributed by atoms with van der Waals surface area (Å²) in [4.78, 5) is 24.6. The molecule has 0 bridgehead atoms. The molecule has 0 radical (unpaired) electrons. The summed E-state index contributed by atoms with van der Waals surface area (Å²) in [7, 11) is 0. The Hall–Kier alpha value is -1.56. The summed E-state index contributed by atoms with van der Waals surface area (Å²) in [6, 6.07) is 0. The number of piperazine rings is 1. The number of hydrogen-bond donors (Lipinski definition) is 0. The Labute approximate surface area is 136 Å². The van der Waals surface area contributed by atoms with Crippen LogP contribution in [-0.2, 0) is 4.74 Å². The van der Waals surface area contributed by atoms with Crippen molar-refractivity contribution in [1.82, 2.24) is 14.9 Å². The van der Waals surface area contributed by atoms with Crippen molar-refractivity contribution in [1.29, 1.82) is 0 Å². The molecule has 0 aliphatic carbocycles. The summed E-state index contributed by atoms with van der Waals surface area (Å²) < 4.78 is 5.49. The van der Waals surface area contributed by atoms with E-state index in [1.165, 1.54) is 6.20 Å². The second-order valence-corrected chi connectivity index (χ2v) is 7.45. The highest BCUT2D eigenvalue weighted by Gasteiger charge is 2.39. The van der Waals surface area contributed by atoms with Crippen LogP contribution in [0.5, 0.6) is 0 Å². The van der Waals surface area contributed by atoms with Crippen LogP contribution in [0.1, 0.15) is 34.6 Å². The lowest BCUT2D eigenvalue weighted by Gasteiger charge is -2.47. The van der Waals surface area contributed by atoms with Crippen LogP contribution in [0, 0.1) is 0 Å². The van der Waals surface area contributed by atoms with E-state index >= 15 is 0 Å². The number of halogens is 1. The van der Waals surface area contributed by atoms with E-state index in [-0.39, 0.29) is 11.6 Å². The number of carbonyl (C=O) groups excluding carboxylic acids is 1. The maximum Gasteiger partial charge on any atom is 0.410 e. The lowest BCUT2D eigenvalue weighted by molar-refractivity contribution is 0.000310. The molecule has 122 valence electrons. The van der Waals surface area contributed by atoms with Crippen LogP contribution in [0.15, 0.2) is 12.4 Å². The van der Waals surface area contributed by atoms with Crippen LogP contribution in [0.4, 0.5) is 10.6 Å². The van der Waals surface area contributed by atoms with Crippen LogP contribution < -0.4 is 4.90 Å². The van der Waals surface area contributed by atoms with Gasteiger partial charge in [-0.3, -0.25) is 9.88 Å². The molecule has 1 aromatic heterocycles. The summed E-state index contributed by atoms with van der Waals surface area (Å²) in [5.41, 5.74) is -0.868. The summed E-state index contributed by atoms with van der Waals surface area (Å²) in [5.74, 6) is 0.726. The molecule has 0 aromatic carbocycles. The third-order valence-corrected chi connectivity index (χ3v) is 3.61. The first-order valence-electron chi connectivity index (χ1n) is 7.32. The van der Waals surface area contributed by atoms with E-state index < -0.39 is 5.60 Å². The lowest BCUT2D eigenvalue weighted by atomic mass is 9.99. The Morgan fingerprint density at radius 3 is 2.55 bits per heavy atom. The Morgan fingerprint density at radius 1 is 1.32 bits per heavy atom. The molecule has 1 fully saturated rings. The Bertz CT molecular complexity index is 557. The predicted molar refractivity (Wildman–Crippen MR) is 86.3 cm³/mol. The summed E-state index contributed by atoms with van der Waals surface area (Å²) in [6.07, 6.45) is 2.91. The lowest BCUT2D eigenvalue weighted by Crippen LogP contribution is -2.62. The van der Waals surface area contributed by atoms with Gasteiger partial charge >= 0.3 is 6.09 Å². The minimum atomic E-state index is -0.497. The monoisotopic (exact) mass is 326 g/mol. The number of amides is 1. The van der Waals surface area contributed by atoms with Crippen molar-refractivity contribution in [2.45, 2.75) is 45.8 Å². The van der Waals surface area contributed by atoms with E-state index in [1.807, 2.05) is 34.6 Å². The third-order valence-electron chi connectivity index (χ3n) is 3.43. The fourth-order valence-electron chi connectivity index (χ4n) is 2.49.